The van der Waals surface area contributed by atoms with E-state index in [-0.39, 0.29) is 29.3 Å². The quantitative estimate of drug-likeness (QED) is 0.356. The molecule has 3 atom stereocenters. The summed E-state index contributed by atoms with van der Waals surface area (Å²) in [4.78, 5) is 10.7. The van der Waals surface area contributed by atoms with Gasteiger partial charge < -0.3 is 10.4 Å². The lowest BCUT2D eigenvalue weighted by Crippen LogP contribution is -2.29. The third-order valence-corrected chi connectivity index (χ3v) is 5.24. The van der Waals surface area contributed by atoms with Crippen molar-refractivity contribution in [2.45, 2.75) is 18.4 Å². The van der Waals surface area contributed by atoms with E-state index >= 15 is 0 Å². The van der Waals surface area contributed by atoms with Crippen LogP contribution in [-0.4, -0.2) is 10.0 Å². The number of nitro benzene ring substituents is 1. The Balaban J connectivity index is 1.84. The van der Waals surface area contributed by atoms with Crippen molar-refractivity contribution in [1.82, 2.24) is 0 Å². The van der Waals surface area contributed by atoms with Crippen LogP contribution in [0.1, 0.15) is 29.5 Å². The fraction of sp³-hybridized carbons (Fsp3) is 0.222. The van der Waals surface area contributed by atoms with E-state index in [1.807, 2.05) is 12.1 Å². The summed E-state index contributed by atoms with van der Waals surface area (Å²) in [5.41, 5.74) is 2.43. The molecule has 1 aliphatic heterocycles. The van der Waals surface area contributed by atoms with Crippen LogP contribution in [0.15, 0.2) is 48.6 Å². The van der Waals surface area contributed by atoms with E-state index in [4.69, 9.17) is 11.6 Å². The minimum atomic E-state index is -0.418. The van der Waals surface area contributed by atoms with Crippen LogP contribution in [0.3, 0.4) is 0 Å². The summed E-state index contributed by atoms with van der Waals surface area (Å²) in [5.74, 6) is 0.547. The number of benzene rings is 2. The third kappa shape index (κ3) is 2.24. The lowest BCUT2D eigenvalue weighted by molar-refractivity contribution is -0.384. The second-order valence-electron chi connectivity index (χ2n) is 6.18. The largest absolute Gasteiger partial charge is 0.506 e. The molecule has 0 amide bonds. The molecule has 0 aromatic heterocycles. The van der Waals surface area contributed by atoms with Gasteiger partial charge in [-0.1, -0.05) is 35.9 Å². The molecule has 0 radical (unpaired) electrons. The zero-order chi connectivity index (χ0) is 16.8. The number of hydrogen-bond donors (Lipinski definition) is 2. The smallest absolute Gasteiger partial charge is 0.269 e. The zero-order valence-corrected chi connectivity index (χ0v) is 13.4. The molecule has 2 aromatic carbocycles. The van der Waals surface area contributed by atoms with Gasteiger partial charge in [-0.15, -0.1) is 0 Å². The molecule has 6 heteroatoms. The number of nitrogens with one attached hydrogen (secondary N) is 1. The van der Waals surface area contributed by atoms with Crippen molar-refractivity contribution in [2.75, 3.05) is 5.32 Å². The first-order chi connectivity index (χ1) is 11.6. The summed E-state index contributed by atoms with van der Waals surface area (Å²) in [7, 11) is 0. The number of nitrogens with zero attached hydrogens (tertiary/aromatic N) is 1. The number of allylic oxidation sites excluding steroid dienone is 2. The Hall–Kier alpha value is -2.53. The van der Waals surface area contributed by atoms with E-state index in [0.29, 0.717) is 16.3 Å². The number of non-ortho nitro benzene ring substituents is 1. The zero-order valence-electron chi connectivity index (χ0n) is 12.6. The molecule has 5 nitrogen and oxygen atoms in total. The van der Waals surface area contributed by atoms with Gasteiger partial charge in [0.05, 0.1) is 16.7 Å². The van der Waals surface area contributed by atoms with Gasteiger partial charge in [0.1, 0.15) is 5.75 Å². The molecular weight excluding hydrogens is 328 g/mol. The van der Waals surface area contributed by atoms with Crippen LogP contribution in [-0.2, 0) is 0 Å². The highest BCUT2D eigenvalue weighted by Gasteiger charge is 2.39. The molecular formula is C18H15ClN2O3. The van der Waals surface area contributed by atoms with E-state index in [1.54, 1.807) is 12.1 Å². The number of fused-ring (bicyclic) bond motifs is 3. The Bertz CT molecular complexity index is 865. The Morgan fingerprint density at radius 1 is 1.25 bits per heavy atom. The fourth-order valence-corrected chi connectivity index (χ4v) is 4.03. The highest BCUT2D eigenvalue weighted by atomic mass is 35.5. The molecule has 0 fully saturated rings. The van der Waals surface area contributed by atoms with Crippen molar-refractivity contribution in [3.05, 3.63) is 74.8 Å². The van der Waals surface area contributed by atoms with Crippen LogP contribution in [0.2, 0.25) is 5.02 Å². The summed E-state index contributed by atoms with van der Waals surface area (Å²) in [5, 5.41) is 25.2. The van der Waals surface area contributed by atoms with Gasteiger partial charge in [-0.3, -0.25) is 10.1 Å². The Morgan fingerprint density at radius 2 is 2.08 bits per heavy atom. The van der Waals surface area contributed by atoms with Crippen molar-refractivity contribution < 1.29 is 10.0 Å². The SMILES string of the molecule is O=[N+]([O-])c1ccc(Cl)c(C2Nc3c(O)cccc3C3C=CCC32)c1. The van der Waals surface area contributed by atoms with Gasteiger partial charge in [0.15, 0.2) is 0 Å². The normalized spacial score (nSPS) is 24.1. The van der Waals surface area contributed by atoms with Crippen molar-refractivity contribution in [3.8, 4) is 5.75 Å². The molecule has 2 N–H and O–H groups in total. The van der Waals surface area contributed by atoms with Crippen LogP contribution in [0, 0.1) is 16.0 Å². The second-order valence-corrected chi connectivity index (χ2v) is 6.59. The average Bonchev–Trinajstić information content (AvgIpc) is 3.05. The lowest BCUT2D eigenvalue weighted by atomic mass is 9.77. The van der Waals surface area contributed by atoms with E-state index in [2.05, 4.69) is 17.5 Å². The topological polar surface area (TPSA) is 75.4 Å². The van der Waals surface area contributed by atoms with Crippen molar-refractivity contribution in [2.24, 2.45) is 5.92 Å². The molecule has 0 bridgehead atoms. The molecule has 0 spiro atoms. The van der Waals surface area contributed by atoms with Gasteiger partial charge in [0.25, 0.3) is 5.69 Å². The summed E-state index contributed by atoms with van der Waals surface area (Å²) < 4.78 is 0. The summed E-state index contributed by atoms with van der Waals surface area (Å²) in [6.07, 6.45) is 5.12. The first-order valence-corrected chi connectivity index (χ1v) is 8.13. The second kappa shape index (κ2) is 5.53. The maximum Gasteiger partial charge on any atom is 0.269 e. The minimum absolute atomic E-state index is 0.0155. The number of nitro groups is 1. The highest BCUT2D eigenvalue weighted by Crippen LogP contribution is 2.52. The molecule has 3 unspecified atom stereocenters. The maximum atomic E-state index is 11.1. The average molecular weight is 343 g/mol. The third-order valence-electron chi connectivity index (χ3n) is 4.90. The van der Waals surface area contributed by atoms with E-state index in [0.717, 1.165) is 12.0 Å². The molecule has 24 heavy (non-hydrogen) atoms. The lowest BCUT2D eigenvalue weighted by Gasteiger charge is -2.38. The number of aromatic hydroxyl groups is 1. The van der Waals surface area contributed by atoms with Crippen molar-refractivity contribution >= 4 is 23.0 Å². The number of halogens is 1. The van der Waals surface area contributed by atoms with Gasteiger partial charge in [0, 0.05) is 28.6 Å². The summed E-state index contributed by atoms with van der Waals surface area (Å²) in [6.45, 7) is 0. The molecule has 122 valence electrons. The van der Waals surface area contributed by atoms with Crippen LogP contribution < -0.4 is 5.32 Å². The summed E-state index contributed by atoms with van der Waals surface area (Å²) in [6, 6.07) is 9.77. The Morgan fingerprint density at radius 3 is 2.88 bits per heavy atom. The minimum Gasteiger partial charge on any atom is -0.506 e. The number of rotatable bonds is 2. The van der Waals surface area contributed by atoms with Gasteiger partial charge >= 0.3 is 0 Å². The molecule has 2 aliphatic rings. The molecule has 0 saturated heterocycles. The standard InChI is InChI=1S/C18H15ClN2O3/c19-15-8-7-10(21(23)24)9-14(15)17-12-4-1-3-11(12)13-5-2-6-16(22)18(13)20-17/h1-3,5-9,11-12,17,20,22H,4H2. The van der Waals surface area contributed by atoms with Crippen molar-refractivity contribution in [3.63, 3.8) is 0 Å². The number of phenolic OH excluding ortho intramolecular Hbond substituents is 1. The number of phenols is 1. The van der Waals surface area contributed by atoms with E-state index in [9.17, 15) is 15.2 Å². The van der Waals surface area contributed by atoms with Gasteiger partial charge in [0.2, 0.25) is 0 Å². The monoisotopic (exact) mass is 342 g/mol. The van der Waals surface area contributed by atoms with Gasteiger partial charge in [-0.2, -0.15) is 0 Å². The van der Waals surface area contributed by atoms with E-state index < -0.39 is 4.92 Å². The predicted molar refractivity (Wildman–Crippen MR) is 92.6 cm³/mol. The number of para-hydroxylation sites is 1. The highest BCUT2D eigenvalue weighted by molar-refractivity contribution is 6.31. The Kier molecular flexibility index (Phi) is 3.46. The fourth-order valence-electron chi connectivity index (χ4n) is 3.80. The first kappa shape index (κ1) is 15.0. The molecule has 0 saturated carbocycles. The number of hydrogen-bond acceptors (Lipinski definition) is 4. The first-order valence-electron chi connectivity index (χ1n) is 7.75. The van der Waals surface area contributed by atoms with Gasteiger partial charge in [-0.25, -0.2) is 0 Å². The van der Waals surface area contributed by atoms with Crippen LogP contribution in [0.25, 0.3) is 0 Å². The molecule has 2 aromatic rings. The van der Waals surface area contributed by atoms with E-state index in [1.165, 1.54) is 12.1 Å². The molecule has 1 aliphatic carbocycles. The molecule has 1 heterocycles. The van der Waals surface area contributed by atoms with Crippen molar-refractivity contribution in [1.29, 1.82) is 0 Å². The molecule has 4 rings (SSSR count). The summed E-state index contributed by atoms with van der Waals surface area (Å²) >= 11 is 6.35. The maximum absolute atomic E-state index is 11.1. The van der Waals surface area contributed by atoms with Crippen LogP contribution in [0.5, 0.6) is 5.75 Å². The van der Waals surface area contributed by atoms with Crippen LogP contribution >= 0.6 is 11.6 Å². The van der Waals surface area contributed by atoms with Crippen LogP contribution in [0.4, 0.5) is 11.4 Å². The van der Waals surface area contributed by atoms with Gasteiger partial charge in [-0.05, 0) is 30.0 Å². The predicted octanol–water partition coefficient (Wildman–Crippen LogP) is 4.78. The number of anilines is 1. The Labute approximate surface area is 143 Å².